The van der Waals surface area contributed by atoms with Gasteiger partial charge in [0.2, 0.25) is 65.0 Å². The summed E-state index contributed by atoms with van der Waals surface area (Å²) in [6.07, 6.45) is 1.91. The Morgan fingerprint density at radius 3 is 1.62 bits per heavy atom. The zero-order valence-corrected chi connectivity index (χ0v) is 65.1. The van der Waals surface area contributed by atoms with Crippen molar-refractivity contribution in [3.63, 3.8) is 0 Å². The number of fused-ring (bicyclic) bond motifs is 6. The molecule has 13 amide bonds. The molecule has 0 spiro atoms. The van der Waals surface area contributed by atoms with Crippen LogP contribution in [0.15, 0.2) is 72.8 Å². The number of benzene rings is 3. The number of amides is 13. The van der Waals surface area contributed by atoms with Crippen molar-refractivity contribution >= 4 is 88.6 Å². The molecule has 0 bridgehead atoms. The number of rotatable bonds is 15. The molecule has 8 aliphatic rings. The van der Waals surface area contributed by atoms with E-state index in [9.17, 15) is 94.9 Å². The van der Waals surface area contributed by atoms with Crippen molar-refractivity contribution in [3.05, 3.63) is 113 Å². The molecule has 115 heavy (non-hydrogen) atoms. The second-order valence-corrected chi connectivity index (χ2v) is 31.0. The molecule has 3 aromatic rings. The van der Waals surface area contributed by atoms with Gasteiger partial charge in [0.25, 0.3) is 0 Å². The number of hydrogen-bond donors (Lipinski definition) is 9. The van der Waals surface area contributed by atoms with Gasteiger partial charge in [0.1, 0.15) is 108 Å². The standard InChI is InChI=1S/C40H49F2N7O9.C39H52F2N6O10/c1-21-7-9-27(10-8-21)44-40(57)46-29(15-24-13-25(41)16-26(42)14-24)34(51)45-30-20-58-39(56)33-12-22(2)18-48(33)36(53)23(3)43-35(52)31-6-4-5-11-47(31)38(55)32-17-28(50)19-49(32)37(30)54;1-5-6-7-8-9-32(49)43-28(15-24-13-25(40)16-26(41)14-24)34(50)44-33-23(4)57-39(55)30-12-21(2)18-46(30)36(52)22(3)42-35(51)31-20-56-11-10-45(31)37(53)29-17-27(48)19-47(29)38(33)54/h7-10,13-14,16,22-23,28-33,50H,4-6,11-12,15,17-20H2,1-3H3,(H,43,52)(H,45,51)(H2,44,46,57);8-9,13-14,16,21-23,27-31,33,48H,5-7,10-12,15,17-20H2,1-4H3,(H,42,51)(H,43,49)(H,44,50)/b;9-8+/t22-,23+,28-,29+,30+,31+,32+,33?;21-,22+,23+,27-,28+,29+,30?,31+,33+/m11/s1. The number of aryl methyl sites for hydroxylation is 1. The first-order valence-corrected chi connectivity index (χ1v) is 39.0. The Kier molecular flexibility index (Phi) is 29.2. The van der Waals surface area contributed by atoms with Gasteiger partial charge in [0.05, 0.1) is 25.4 Å². The highest BCUT2D eigenvalue weighted by molar-refractivity contribution is 6.01. The summed E-state index contributed by atoms with van der Waals surface area (Å²) in [5.41, 5.74) is 1.30. The van der Waals surface area contributed by atoms with Crippen LogP contribution in [0.2, 0.25) is 0 Å². The van der Waals surface area contributed by atoms with Gasteiger partial charge in [-0.15, -0.1) is 0 Å². The van der Waals surface area contributed by atoms with E-state index in [0.717, 1.165) is 52.5 Å². The van der Waals surface area contributed by atoms with Crippen molar-refractivity contribution < 1.29 is 109 Å². The van der Waals surface area contributed by atoms with Gasteiger partial charge in [-0.05, 0) is 132 Å². The van der Waals surface area contributed by atoms with Gasteiger partial charge < -0.3 is 91.0 Å². The van der Waals surface area contributed by atoms with E-state index in [-0.39, 0.29) is 108 Å². The molecule has 0 radical (unpaired) electrons. The first-order valence-electron chi connectivity index (χ1n) is 39.0. The largest absolute Gasteiger partial charge is 0.461 e. The smallest absolute Gasteiger partial charge is 0.329 e. The number of piperidine rings is 1. The van der Waals surface area contributed by atoms with Crippen LogP contribution in [0, 0.1) is 42.0 Å². The summed E-state index contributed by atoms with van der Waals surface area (Å²) in [7, 11) is 0. The van der Waals surface area contributed by atoms with Gasteiger partial charge in [-0.25, -0.2) is 31.9 Å². The number of unbranched alkanes of at least 4 members (excludes halogenated alkanes) is 2. The van der Waals surface area contributed by atoms with Crippen LogP contribution in [0.4, 0.5) is 28.0 Å². The minimum Gasteiger partial charge on any atom is -0.461 e. The Balaban J connectivity index is 0.000000243. The van der Waals surface area contributed by atoms with Crippen molar-refractivity contribution in [2.75, 3.05) is 64.4 Å². The third-order valence-corrected chi connectivity index (χ3v) is 21.7. The number of allylic oxidation sites excluding steroid dienone is 1. The Morgan fingerprint density at radius 1 is 0.557 bits per heavy atom. The zero-order valence-electron chi connectivity index (χ0n) is 65.1. The summed E-state index contributed by atoms with van der Waals surface area (Å²) < 4.78 is 74.0. The van der Waals surface area contributed by atoms with E-state index >= 15 is 0 Å². The van der Waals surface area contributed by atoms with Crippen LogP contribution >= 0.6 is 0 Å². The number of nitrogens with zero attached hydrogens (tertiary/aromatic N) is 6. The van der Waals surface area contributed by atoms with E-state index in [1.165, 1.54) is 46.4 Å². The Bertz CT molecular complexity index is 4160. The van der Waals surface area contributed by atoms with Crippen LogP contribution in [-0.4, -0.2) is 272 Å². The number of halogens is 4. The van der Waals surface area contributed by atoms with Crippen LogP contribution < -0.4 is 37.2 Å². The van der Waals surface area contributed by atoms with Crippen molar-refractivity contribution in [1.82, 2.24) is 61.3 Å². The average molecular weight is 1610 g/mol. The second kappa shape index (κ2) is 38.7. The summed E-state index contributed by atoms with van der Waals surface area (Å²) in [6, 6.07) is -4.51. The number of aliphatic hydroxyl groups excluding tert-OH is 2. The maximum atomic E-state index is 14.6. The molecule has 3 aromatic carbocycles. The molecule has 2 unspecified atom stereocenters. The number of cyclic esters (lactones) is 2. The maximum Gasteiger partial charge on any atom is 0.329 e. The van der Waals surface area contributed by atoms with E-state index in [1.54, 1.807) is 30.3 Å². The summed E-state index contributed by atoms with van der Waals surface area (Å²) in [6.45, 7) is 10.7. The molecule has 0 saturated carbocycles. The molecule has 8 fully saturated rings. The molecule has 624 valence electrons. The Labute approximate surface area is 661 Å². The Hall–Kier alpha value is -10.6. The van der Waals surface area contributed by atoms with Gasteiger partial charge in [-0.2, -0.15) is 0 Å². The van der Waals surface area contributed by atoms with Gasteiger partial charge in [-0.1, -0.05) is 57.4 Å². The van der Waals surface area contributed by atoms with Crippen molar-refractivity contribution in [1.29, 1.82) is 0 Å². The topological polar surface area (TPSA) is 411 Å². The molecule has 17 atom stereocenters. The molecule has 0 aromatic heterocycles. The van der Waals surface area contributed by atoms with Crippen LogP contribution in [0.3, 0.4) is 0 Å². The fourth-order valence-corrected chi connectivity index (χ4v) is 15.9. The third kappa shape index (κ3) is 21.9. The number of morpholine rings is 1. The van der Waals surface area contributed by atoms with Gasteiger partial charge in [-0.3, -0.25) is 52.7 Å². The predicted octanol–water partition coefficient (Wildman–Crippen LogP) is 1.23. The number of carbonyl (C=O) groups excluding carboxylic acids is 14. The van der Waals surface area contributed by atoms with E-state index in [4.69, 9.17) is 14.2 Å². The normalized spacial score (nSPS) is 28.4. The van der Waals surface area contributed by atoms with Crippen molar-refractivity contribution in [2.45, 2.75) is 216 Å². The fourth-order valence-electron chi connectivity index (χ4n) is 15.9. The van der Waals surface area contributed by atoms with Gasteiger partial charge in [0, 0.05) is 82.8 Å². The number of urea groups is 1. The quantitative estimate of drug-likeness (QED) is 0.0447. The van der Waals surface area contributed by atoms with Crippen molar-refractivity contribution in [2.24, 2.45) is 11.8 Å². The van der Waals surface area contributed by atoms with Crippen LogP contribution in [0.5, 0.6) is 0 Å². The maximum absolute atomic E-state index is 14.6. The average Bonchev–Trinajstić information content (AvgIpc) is 1.69. The highest BCUT2D eigenvalue weighted by Crippen LogP contribution is 2.32. The number of esters is 2. The molecule has 8 heterocycles. The molecule has 8 aliphatic heterocycles. The van der Waals surface area contributed by atoms with E-state index < -0.39 is 216 Å². The highest BCUT2D eigenvalue weighted by Gasteiger charge is 2.52. The molecule has 0 aliphatic carbocycles. The minimum atomic E-state index is -1.73. The molecular weight excluding hydrogens is 1510 g/mol. The van der Waals surface area contributed by atoms with Crippen molar-refractivity contribution in [3.8, 4) is 0 Å². The number of aliphatic hydroxyl groups is 2. The lowest BCUT2D eigenvalue weighted by atomic mass is 9.99. The first kappa shape index (κ1) is 86.8. The van der Waals surface area contributed by atoms with Crippen LogP contribution in [0.1, 0.15) is 122 Å². The number of ether oxygens (including phenoxy) is 3. The monoisotopic (exact) mass is 1610 g/mol. The highest BCUT2D eigenvalue weighted by atomic mass is 19.1. The lowest BCUT2D eigenvalue weighted by molar-refractivity contribution is -0.164. The number of hydrogen-bond acceptors (Lipinski definition) is 19. The summed E-state index contributed by atoms with van der Waals surface area (Å²) in [5.74, 6) is -14.0. The first-order chi connectivity index (χ1) is 54.6. The number of carbonyl (C=O) groups is 14. The van der Waals surface area contributed by atoms with Gasteiger partial charge >= 0.3 is 18.0 Å². The van der Waals surface area contributed by atoms with E-state index in [2.05, 4.69) is 37.2 Å². The molecule has 8 saturated heterocycles. The fraction of sp³-hybridized carbons (Fsp3) is 0.570. The summed E-state index contributed by atoms with van der Waals surface area (Å²) in [5, 5.41) is 39.7. The summed E-state index contributed by atoms with van der Waals surface area (Å²) >= 11 is 0. The summed E-state index contributed by atoms with van der Waals surface area (Å²) in [4.78, 5) is 202. The van der Waals surface area contributed by atoms with Crippen LogP contribution in [0.25, 0.3) is 0 Å². The lowest BCUT2D eigenvalue weighted by Crippen LogP contribution is -2.64. The van der Waals surface area contributed by atoms with E-state index in [1.807, 2.05) is 27.7 Å². The van der Waals surface area contributed by atoms with Gasteiger partial charge in [0.15, 0.2) is 0 Å². The third-order valence-electron chi connectivity index (χ3n) is 21.7. The SMILES string of the molecule is CCCC/C=C/C(=O)N[C@@H](Cc1cc(F)cc(F)c1)C(=O)N[C@@H]1C(=O)N2C[C@H](O)C[C@H]2C(=O)N2CCOC[C@H]2C(=O)N[C@@H](C)C(=O)N2C[C@H](C)CC2C(=O)O[C@H]1C.Cc1ccc(NC(=O)N[C@@H](Cc2cc(F)cc(F)c2)C(=O)N[C@H]2COC(=O)C3C[C@@H](C)CN3C(=O)[C@H](C)NC(=O)[C@@H]3CCCCN3C(=O)[C@@H]3C[C@@H](O)CN3C2=O)cc1. The number of anilines is 1. The minimum absolute atomic E-state index is 0.00757. The van der Waals surface area contributed by atoms with E-state index in [0.29, 0.717) is 37.1 Å². The second-order valence-electron chi connectivity index (χ2n) is 31.0. The van der Waals surface area contributed by atoms with Crippen LogP contribution in [-0.2, 0) is 89.4 Å². The molecule has 32 nitrogen and oxygen atoms in total. The zero-order chi connectivity index (χ0) is 83.4. The molecule has 36 heteroatoms. The predicted molar refractivity (Wildman–Crippen MR) is 400 cm³/mol. The Morgan fingerprint density at radius 2 is 1.06 bits per heavy atom. The molecular formula is C79H101F4N13O19. The molecule has 9 N–H and O–H groups in total. The number of nitrogens with one attached hydrogen (secondary N) is 7. The lowest BCUT2D eigenvalue weighted by Gasteiger charge is -2.39. The molecule has 11 rings (SSSR count).